The first-order valence-electron chi connectivity index (χ1n) is 16.7. The van der Waals surface area contributed by atoms with Crippen LogP contribution >= 0.6 is 0 Å². The van der Waals surface area contributed by atoms with Crippen molar-refractivity contribution in [2.45, 2.75) is 72.4 Å². The van der Waals surface area contributed by atoms with Crippen LogP contribution in [-0.4, -0.2) is 48.6 Å². The third-order valence-electron chi connectivity index (χ3n) is 7.60. The SMILES string of the molecule is C=C(CNC(=C)C(C)Cc1ccccc1)NC(CN=C(N)N)C(=C)N1CCC(N)(C(=C)C)CC1.C=CN.CC(C)C.Cc1ccccc1. The highest BCUT2D eigenvalue weighted by molar-refractivity contribution is 5.75. The third kappa shape index (κ3) is 19.3. The van der Waals surface area contributed by atoms with Crippen LogP contribution < -0.4 is 33.6 Å². The molecule has 48 heavy (non-hydrogen) atoms. The molecule has 0 spiro atoms. The van der Waals surface area contributed by atoms with Gasteiger partial charge < -0.3 is 38.5 Å². The lowest BCUT2D eigenvalue weighted by Crippen LogP contribution is -2.52. The van der Waals surface area contributed by atoms with Gasteiger partial charge in [-0.25, -0.2) is 0 Å². The zero-order chi connectivity index (χ0) is 36.7. The van der Waals surface area contributed by atoms with Crippen molar-refractivity contribution in [2.75, 3.05) is 26.2 Å². The Hall–Kier alpha value is -4.43. The van der Waals surface area contributed by atoms with E-state index in [9.17, 15) is 0 Å². The fourth-order valence-electron chi connectivity index (χ4n) is 4.59. The molecule has 266 valence electrons. The molecular weight excluding hydrogens is 592 g/mol. The Morgan fingerprint density at radius 1 is 0.938 bits per heavy atom. The van der Waals surface area contributed by atoms with Crippen LogP contribution in [0.4, 0.5) is 0 Å². The topological polar surface area (TPSA) is 144 Å². The summed E-state index contributed by atoms with van der Waals surface area (Å²) in [5.74, 6) is 1.18. The van der Waals surface area contributed by atoms with Crippen LogP contribution in [0.15, 0.2) is 127 Å². The summed E-state index contributed by atoms with van der Waals surface area (Å²) in [6.07, 6.45) is 3.84. The summed E-state index contributed by atoms with van der Waals surface area (Å²) in [5.41, 5.74) is 28.3. The van der Waals surface area contributed by atoms with Crippen LogP contribution in [0.1, 0.15) is 58.6 Å². The molecule has 1 aliphatic heterocycles. The van der Waals surface area contributed by atoms with E-state index in [-0.39, 0.29) is 17.5 Å². The molecule has 0 amide bonds. The standard InChI is InChI=1S/C27H43N7.C7H8.C4H10.C2H5N/c1-19(2)27(30)12-14-34(15-13-27)23(6)25(18-32-26(28)29)33-21(4)17-31-22(5)20(3)16-24-10-8-7-9-11-24;1-7-5-3-2-4-6-7;1-4(2)3;1-2-3/h7-11,20,25,31,33H,1,4-6,12-18,30H2,2-3H3,(H4,28,29,32);2-6H,1H3;4H,1-3H3;2H,1,3H2. The van der Waals surface area contributed by atoms with Crippen molar-refractivity contribution in [1.82, 2.24) is 15.5 Å². The van der Waals surface area contributed by atoms with E-state index in [4.69, 9.17) is 17.2 Å². The maximum Gasteiger partial charge on any atom is 0.185 e. The number of nitrogens with zero attached hydrogens (tertiary/aromatic N) is 2. The number of allylic oxidation sites excluding steroid dienone is 1. The van der Waals surface area contributed by atoms with E-state index < -0.39 is 0 Å². The summed E-state index contributed by atoms with van der Waals surface area (Å²) >= 11 is 0. The molecule has 2 unspecified atom stereocenters. The van der Waals surface area contributed by atoms with Crippen LogP contribution in [-0.2, 0) is 6.42 Å². The predicted molar refractivity (Wildman–Crippen MR) is 211 cm³/mol. The second-order valence-electron chi connectivity index (χ2n) is 13.1. The lowest BCUT2D eigenvalue weighted by molar-refractivity contribution is 0.208. The Balaban J connectivity index is 0.00000131. The molecule has 0 saturated carbocycles. The molecule has 8 heteroatoms. The van der Waals surface area contributed by atoms with Crippen LogP contribution in [0, 0.1) is 18.8 Å². The average Bonchev–Trinajstić information content (AvgIpc) is 3.03. The van der Waals surface area contributed by atoms with Crippen LogP contribution in [0.2, 0.25) is 0 Å². The first kappa shape index (κ1) is 43.6. The molecule has 1 aliphatic rings. The van der Waals surface area contributed by atoms with Gasteiger partial charge in [0.05, 0.1) is 19.1 Å². The second-order valence-corrected chi connectivity index (χ2v) is 13.1. The quantitative estimate of drug-likeness (QED) is 0.0837. The number of hydrogen-bond acceptors (Lipinski definition) is 6. The van der Waals surface area contributed by atoms with Gasteiger partial charge in [-0.1, -0.05) is 132 Å². The van der Waals surface area contributed by atoms with E-state index >= 15 is 0 Å². The Morgan fingerprint density at radius 2 is 1.42 bits per heavy atom. The highest BCUT2D eigenvalue weighted by atomic mass is 15.2. The predicted octanol–water partition coefficient (Wildman–Crippen LogP) is 6.34. The van der Waals surface area contributed by atoms with E-state index in [1.54, 1.807) is 0 Å². The summed E-state index contributed by atoms with van der Waals surface area (Å²) < 4.78 is 0. The molecule has 0 radical (unpaired) electrons. The summed E-state index contributed by atoms with van der Waals surface area (Å²) in [5, 5.41) is 6.85. The highest BCUT2D eigenvalue weighted by Crippen LogP contribution is 2.28. The van der Waals surface area contributed by atoms with Crippen molar-refractivity contribution < 1.29 is 0 Å². The van der Waals surface area contributed by atoms with Gasteiger partial charge in [-0.2, -0.15) is 0 Å². The normalized spacial score (nSPS) is 14.0. The zero-order valence-electron chi connectivity index (χ0n) is 30.8. The molecule has 1 saturated heterocycles. The van der Waals surface area contributed by atoms with E-state index in [2.05, 4.69) is 130 Å². The van der Waals surface area contributed by atoms with Crippen molar-refractivity contribution in [3.63, 3.8) is 0 Å². The van der Waals surface area contributed by atoms with Gasteiger partial charge in [-0.15, -0.1) is 0 Å². The molecule has 0 aromatic heterocycles. The van der Waals surface area contributed by atoms with Gasteiger partial charge >= 0.3 is 0 Å². The van der Waals surface area contributed by atoms with Gasteiger partial charge in [0.25, 0.3) is 0 Å². The molecule has 2 atom stereocenters. The highest BCUT2D eigenvalue weighted by Gasteiger charge is 2.33. The van der Waals surface area contributed by atoms with Gasteiger partial charge in [0.15, 0.2) is 5.96 Å². The van der Waals surface area contributed by atoms with E-state index in [1.807, 2.05) is 31.2 Å². The second kappa shape index (κ2) is 23.8. The number of rotatable bonds is 13. The fourth-order valence-corrected chi connectivity index (χ4v) is 4.59. The summed E-state index contributed by atoms with van der Waals surface area (Å²) in [6.45, 7) is 35.2. The van der Waals surface area contributed by atoms with Crippen molar-refractivity contribution >= 4 is 5.96 Å². The van der Waals surface area contributed by atoms with E-state index in [0.717, 1.165) is 60.9 Å². The minimum absolute atomic E-state index is 0.0494. The Kier molecular flexibility index (Phi) is 21.6. The summed E-state index contributed by atoms with van der Waals surface area (Å²) in [7, 11) is 0. The number of hydrogen-bond donors (Lipinski definition) is 6. The Labute approximate surface area is 292 Å². The fraction of sp³-hybridized carbons (Fsp3) is 0.425. The molecule has 0 bridgehead atoms. The van der Waals surface area contributed by atoms with Crippen molar-refractivity contribution in [3.8, 4) is 0 Å². The van der Waals surface area contributed by atoms with Crippen molar-refractivity contribution in [2.24, 2.45) is 39.8 Å². The molecule has 1 heterocycles. The molecule has 10 N–H and O–H groups in total. The van der Waals surface area contributed by atoms with Gasteiger partial charge in [0.1, 0.15) is 0 Å². The Morgan fingerprint density at radius 3 is 1.83 bits per heavy atom. The maximum absolute atomic E-state index is 6.50. The molecule has 0 aliphatic carbocycles. The molecule has 2 aromatic carbocycles. The van der Waals surface area contributed by atoms with Crippen LogP contribution in [0.25, 0.3) is 0 Å². The monoisotopic (exact) mass is 659 g/mol. The molecule has 2 aromatic rings. The maximum atomic E-state index is 6.50. The van der Waals surface area contributed by atoms with Crippen LogP contribution in [0.3, 0.4) is 0 Å². The number of aliphatic imine (C=N–C) groups is 1. The minimum atomic E-state index is -0.316. The average molecular weight is 659 g/mol. The van der Waals surface area contributed by atoms with Gasteiger partial charge in [-0.05, 0) is 56.7 Å². The van der Waals surface area contributed by atoms with Crippen LogP contribution in [0.5, 0.6) is 0 Å². The molecule has 3 rings (SSSR count). The number of piperidine rings is 1. The third-order valence-corrected chi connectivity index (χ3v) is 7.60. The molecule has 8 nitrogen and oxygen atoms in total. The number of guanidine groups is 1. The first-order valence-corrected chi connectivity index (χ1v) is 16.7. The van der Waals surface area contributed by atoms with Gasteiger partial charge in [0.2, 0.25) is 0 Å². The van der Waals surface area contributed by atoms with E-state index in [1.165, 1.54) is 17.3 Å². The minimum Gasteiger partial charge on any atom is -0.405 e. The summed E-state index contributed by atoms with van der Waals surface area (Å²) in [6, 6.07) is 20.5. The molecule has 1 fully saturated rings. The molecular formula is C40H66N8. The van der Waals surface area contributed by atoms with Gasteiger partial charge in [0, 0.05) is 35.7 Å². The smallest absolute Gasteiger partial charge is 0.185 e. The number of nitrogens with one attached hydrogen (secondary N) is 2. The number of nitrogens with two attached hydrogens (primary N) is 4. The number of benzene rings is 2. The van der Waals surface area contributed by atoms with Gasteiger partial charge in [-0.3, -0.25) is 4.99 Å². The Bertz CT molecular complexity index is 1250. The number of likely N-dealkylation sites (tertiary alicyclic amines) is 1. The lowest BCUT2D eigenvalue weighted by atomic mass is 9.83. The van der Waals surface area contributed by atoms with Crippen molar-refractivity contribution in [3.05, 3.63) is 134 Å². The van der Waals surface area contributed by atoms with E-state index in [0.29, 0.717) is 19.0 Å². The summed E-state index contributed by atoms with van der Waals surface area (Å²) in [4.78, 5) is 6.47. The lowest BCUT2D eigenvalue weighted by Gasteiger charge is -2.43. The number of aryl methyl sites for hydroxylation is 1. The first-order chi connectivity index (χ1) is 22.6. The largest absolute Gasteiger partial charge is 0.405 e. The van der Waals surface area contributed by atoms with Crippen molar-refractivity contribution in [1.29, 1.82) is 0 Å². The zero-order valence-corrected chi connectivity index (χ0v) is 30.8.